The topological polar surface area (TPSA) is 86.2 Å². The molecule has 4 rings (SSSR count). The summed E-state index contributed by atoms with van der Waals surface area (Å²) in [5.74, 6) is 2.13. The number of amides is 2. The van der Waals surface area contributed by atoms with Crippen molar-refractivity contribution in [1.29, 1.82) is 0 Å². The van der Waals surface area contributed by atoms with Crippen LogP contribution in [0.2, 0.25) is 0 Å². The number of allylic oxidation sites excluding steroid dienone is 4. The summed E-state index contributed by atoms with van der Waals surface area (Å²) in [5, 5.41) is 0. The van der Waals surface area contributed by atoms with Crippen LogP contribution in [-0.4, -0.2) is 11.8 Å². The second-order valence-corrected chi connectivity index (χ2v) is 9.08. The first-order chi connectivity index (χ1) is 12.5. The SMILES string of the molecule is NC(=O)C1CC2CC1C=C2CCCCCCC1=CC2CC1CC2C(N)=O. The number of nitrogens with two attached hydrogens (primary N) is 2. The van der Waals surface area contributed by atoms with Gasteiger partial charge in [-0.3, -0.25) is 9.59 Å². The Bertz CT molecular complexity index is 595. The van der Waals surface area contributed by atoms with Gasteiger partial charge in [0.15, 0.2) is 0 Å². The van der Waals surface area contributed by atoms with E-state index in [1.54, 1.807) is 11.1 Å². The molecule has 2 fully saturated rings. The van der Waals surface area contributed by atoms with Gasteiger partial charge in [-0.2, -0.15) is 0 Å². The lowest BCUT2D eigenvalue weighted by Gasteiger charge is -2.19. The molecule has 0 aliphatic heterocycles. The predicted molar refractivity (Wildman–Crippen MR) is 102 cm³/mol. The Kier molecular flexibility index (Phi) is 4.94. The lowest BCUT2D eigenvalue weighted by Crippen LogP contribution is -2.26. The third-order valence-corrected chi connectivity index (χ3v) is 7.54. The number of hydrogen-bond donors (Lipinski definition) is 2. The van der Waals surface area contributed by atoms with E-state index >= 15 is 0 Å². The molecule has 0 heterocycles. The van der Waals surface area contributed by atoms with E-state index in [1.807, 2.05) is 0 Å². The minimum atomic E-state index is -0.107. The van der Waals surface area contributed by atoms with Crippen LogP contribution in [0.4, 0.5) is 0 Å². The van der Waals surface area contributed by atoms with E-state index in [2.05, 4.69) is 12.2 Å². The van der Waals surface area contributed by atoms with Crippen LogP contribution in [-0.2, 0) is 9.59 Å². The van der Waals surface area contributed by atoms with Crippen molar-refractivity contribution in [2.45, 2.75) is 64.2 Å². The number of rotatable bonds is 9. The Morgan fingerprint density at radius 2 is 1.15 bits per heavy atom. The third-order valence-electron chi connectivity index (χ3n) is 7.54. The van der Waals surface area contributed by atoms with E-state index in [9.17, 15) is 9.59 Å². The molecule has 0 saturated heterocycles. The molecule has 0 radical (unpaired) electrons. The minimum absolute atomic E-state index is 0.105. The fourth-order valence-corrected chi connectivity index (χ4v) is 6.18. The van der Waals surface area contributed by atoms with Crippen LogP contribution in [0, 0.1) is 35.5 Å². The van der Waals surface area contributed by atoms with Crippen molar-refractivity contribution in [2.24, 2.45) is 47.0 Å². The van der Waals surface area contributed by atoms with Gasteiger partial charge in [0, 0.05) is 11.8 Å². The molecule has 26 heavy (non-hydrogen) atoms. The minimum Gasteiger partial charge on any atom is -0.369 e. The average molecular weight is 357 g/mol. The van der Waals surface area contributed by atoms with E-state index in [1.165, 1.54) is 38.5 Å². The van der Waals surface area contributed by atoms with E-state index in [4.69, 9.17) is 11.5 Å². The maximum Gasteiger partial charge on any atom is 0.221 e. The Morgan fingerprint density at radius 3 is 1.46 bits per heavy atom. The summed E-state index contributed by atoms with van der Waals surface area (Å²) in [6.07, 6.45) is 16.6. The standard InChI is InChI=1S/C22H32N2O2/c23-21(25)19-11-15-9-17(19)7-13(15)5-3-1-2-4-6-14-8-18-10-16(14)12-20(18)22(24)26/h7-8,15-20H,1-6,9-12H2,(H2,23,25)(H2,24,26). The van der Waals surface area contributed by atoms with Gasteiger partial charge in [0.25, 0.3) is 0 Å². The summed E-state index contributed by atoms with van der Waals surface area (Å²) in [6, 6.07) is 0. The van der Waals surface area contributed by atoms with Crippen LogP contribution in [0.25, 0.3) is 0 Å². The van der Waals surface area contributed by atoms with Gasteiger partial charge in [-0.25, -0.2) is 0 Å². The highest BCUT2D eigenvalue weighted by Crippen LogP contribution is 2.50. The second-order valence-electron chi connectivity index (χ2n) is 9.08. The monoisotopic (exact) mass is 356 g/mol. The molecule has 4 heteroatoms. The molecule has 4 aliphatic rings. The Balaban J connectivity index is 1.12. The molecule has 6 unspecified atom stereocenters. The molecule has 6 atom stereocenters. The van der Waals surface area contributed by atoms with Crippen LogP contribution in [0.5, 0.6) is 0 Å². The van der Waals surface area contributed by atoms with Crippen LogP contribution in [0.3, 0.4) is 0 Å². The summed E-state index contributed by atoms with van der Waals surface area (Å²) in [6.45, 7) is 0. The lowest BCUT2D eigenvalue weighted by molar-refractivity contribution is -0.123. The molecular weight excluding hydrogens is 324 g/mol. The van der Waals surface area contributed by atoms with Crippen molar-refractivity contribution in [2.75, 3.05) is 0 Å². The molecule has 0 spiro atoms. The normalized spacial score (nSPS) is 37.1. The molecule has 2 saturated carbocycles. The molecule has 2 amide bonds. The third kappa shape index (κ3) is 3.35. The van der Waals surface area contributed by atoms with Gasteiger partial charge in [-0.1, -0.05) is 36.1 Å². The summed E-state index contributed by atoms with van der Waals surface area (Å²) in [7, 11) is 0. The van der Waals surface area contributed by atoms with Gasteiger partial charge in [0.05, 0.1) is 0 Å². The fourth-order valence-electron chi connectivity index (χ4n) is 6.18. The highest BCUT2D eigenvalue weighted by molar-refractivity contribution is 5.78. The van der Waals surface area contributed by atoms with Crippen LogP contribution >= 0.6 is 0 Å². The highest BCUT2D eigenvalue weighted by Gasteiger charge is 2.43. The van der Waals surface area contributed by atoms with Gasteiger partial charge in [0.2, 0.25) is 11.8 Å². The molecule has 4 bridgehead atoms. The van der Waals surface area contributed by atoms with Crippen molar-refractivity contribution in [3.63, 3.8) is 0 Å². The highest BCUT2D eigenvalue weighted by atomic mass is 16.1. The zero-order chi connectivity index (χ0) is 18.3. The zero-order valence-corrected chi connectivity index (χ0v) is 15.7. The van der Waals surface area contributed by atoms with Crippen molar-refractivity contribution in [3.05, 3.63) is 23.3 Å². The number of hydrogen-bond acceptors (Lipinski definition) is 2. The van der Waals surface area contributed by atoms with Gasteiger partial charge in [0.1, 0.15) is 0 Å². The van der Waals surface area contributed by atoms with E-state index in [-0.39, 0.29) is 23.7 Å². The molecule has 4 N–H and O–H groups in total. The van der Waals surface area contributed by atoms with Crippen LogP contribution < -0.4 is 11.5 Å². The summed E-state index contributed by atoms with van der Waals surface area (Å²) in [5.41, 5.74) is 14.2. The molecule has 0 aromatic rings. The van der Waals surface area contributed by atoms with Gasteiger partial charge in [-0.05, 0) is 75.0 Å². The molecule has 142 valence electrons. The second kappa shape index (κ2) is 7.21. The van der Waals surface area contributed by atoms with Gasteiger partial charge < -0.3 is 11.5 Å². The largest absolute Gasteiger partial charge is 0.369 e. The molecule has 4 aliphatic carbocycles. The first-order valence-electron chi connectivity index (χ1n) is 10.5. The zero-order valence-electron chi connectivity index (χ0n) is 15.7. The van der Waals surface area contributed by atoms with Crippen molar-refractivity contribution < 1.29 is 9.59 Å². The quantitative estimate of drug-likeness (QED) is 0.489. The Labute approximate surface area is 156 Å². The average Bonchev–Trinajstić information content (AvgIpc) is 3.35. The predicted octanol–water partition coefficient (Wildman–Crippen LogP) is 3.46. The summed E-state index contributed by atoms with van der Waals surface area (Å²) >= 11 is 0. The fraction of sp³-hybridized carbons (Fsp3) is 0.727. The molecule has 0 aromatic carbocycles. The van der Waals surface area contributed by atoms with Crippen LogP contribution in [0.15, 0.2) is 23.3 Å². The first-order valence-corrected chi connectivity index (χ1v) is 10.5. The van der Waals surface area contributed by atoms with E-state index in [0.717, 1.165) is 25.7 Å². The van der Waals surface area contributed by atoms with Crippen molar-refractivity contribution in [1.82, 2.24) is 0 Å². The van der Waals surface area contributed by atoms with E-state index < -0.39 is 0 Å². The van der Waals surface area contributed by atoms with Gasteiger partial charge in [-0.15, -0.1) is 0 Å². The maximum atomic E-state index is 11.4. The van der Waals surface area contributed by atoms with Crippen molar-refractivity contribution >= 4 is 11.8 Å². The van der Waals surface area contributed by atoms with Gasteiger partial charge >= 0.3 is 0 Å². The molecular formula is C22H32N2O2. The summed E-state index contributed by atoms with van der Waals surface area (Å²) in [4.78, 5) is 22.8. The number of fused-ring (bicyclic) bond motifs is 4. The number of carbonyl (C=O) groups is 2. The smallest absolute Gasteiger partial charge is 0.221 e. The molecule has 0 aromatic heterocycles. The van der Waals surface area contributed by atoms with Crippen molar-refractivity contribution in [3.8, 4) is 0 Å². The first kappa shape index (κ1) is 17.8. The lowest BCUT2D eigenvalue weighted by atomic mass is 9.86. The van der Waals surface area contributed by atoms with Crippen LogP contribution in [0.1, 0.15) is 64.2 Å². The number of carbonyl (C=O) groups excluding carboxylic acids is 2. The Morgan fingerprint density at radius 1 is 0.731 bits per heavy atom. The summed E-state index contributed by atoms with van der Waals surface area (Å²) < 4.78 is 0. The maximum absolute atomic E-state index is 11.4. The Hall–Kier alpha value is -1.58. The molecule has 4 nitrogen and oxygen atoms in total. The number of unbranched alkanes of at least 4 members (excludes halogenated alkanes) is 3. The van der Waals surface area contributed by atoms with E-state index in [0.29, 0.717) is 23.7 Å². The number of primary amides is 2.